The minimum Gasteiger partial charge on any atom is -0.381 e. The molecule has 3 aromatic rings. The van der Waals surface area contributed by atoms with E-state index in [0.29, 0.717) is 6.10 Å². The lowest BCUT2D eigenvalue weighted by Gasteiger charge is -2.37. The molecule has 0 amide bonds. The lowest BCUT2D eigenvalue weighted by molar-refractivity contribution is 0.0627. The predicted octanol–water partition coefficient (Wildman–Crippen LogP) is 9.14. The monoisotopic (exact) mass is 561 g/mol. The van der Waals surface area contributed by atoms with Crippen LogP contribution in [-0.4, -0.2) is 19.4 Å². The van der Waals surface area contributed by atoms with Crippen LogP contribution in [0.25, 0.3) is 0 Å². The van der Waals surface area contributed by atoms with Crippen LogP contribution in [0.5, 0.6) is 0 Å². The fraction of sp³-hybridized carbons (Fsp3) is 0.282. The maximum atomic E-state index is 5.68. The molecular formula is C39H46OP+. The first-order valence-corrected chi connectivity index (χ1v) is 16.7. The minimum absolute atomic E-state index is 0.126. The second-order valence-electron chi connectivity index (χ2n) is 11.9. The molecule has 0 saturated carbocycles. The number of methoxy groups -OCH3 is 1. The summed E-state index contributed by atoms with van der Waals surface area (Å²) in [5, 5.41) is 4.25. The van der Waals surface area contributed by atoms with Crippen molar-refractivity contribution in [1.29, 1.82) is 0 Å². The SMILES string of the molecule is COC1CC(C)=C(C=CC(C)=CC=CC(C)=CC[P+](c2ccccc2)(c2ccccc2)c2ccccc2)C(C)(C)C1. The van der Waals surface area contributed by atoms with Gasteiger partial charge in [0.1, 0.15) is 23.2 Å². The standard InChI is InChI=1S/C39H46OP/c1-31(25-26-38-33(3)29-34(40-6)30-39(38,4)5)17-16-18-32(2)27-28-41(35-19-10-7-11-20-35,36-21-12-8-13-22-36)37-23-14-9-15-24-37/h7-27,34H,28-30H2,1-6H3/q+1. The van der Waals surface area contributed by atoms with Crippen molar-refractivity contribution >= 4 is 23.2 Å². The van der Waals surface area contributed by atoms with Crippen molar-refractivity contribution in [2.24, 2.45) is 5.41 Å². The Morgan fingerprint density at radius 2 is 1.32 bits per heavy atom. The van der Waals surface area contributed by atoms with Crippen LogP contribution < -0.4 is 15.9 Å². The molecule has 0 fully saturated rings. The largest absolute Gasteiger partial charge is 0.381 e. The van der Waals surface area contributed by atoms with E-state index in [9.17, 15) is 0 Å². The van der Waals surface area contributed by atoms with Crippen LogP contribution in [0.15, 0.2) is 150 Å². The number of hydrogen-bond acceptors (Lipinski definition) is 1. The molecule has 2 heteroatoms. The number of allylic oxidation sites excluding steroid dienone is 9. The fourth-order valence-electron chi connectivity index (χ4n) is 6.10. The molecule has 0 saturated heterocycles. The van der Waals surface area contributed by atoms with Gasteiger partial charge in [-0.2, -0.15) is 0 Å². The van der Waals surface area contributed by atoms with Gasteiger partial charge in [-0.15, -0.1) is 0 Å². The Hall–Kier alpha value is -3.25. The third-order valence-corrected chi connectivity index (χ3v) is 12.6. The van der Waals surface area contributed by atoms with E-state index >= 15 is 0 Å². The van der Waals surface area contributed by atoms with Crippen molar-refractivity contribution < 1.29 is 4.74 Å². The summed E-state index contributed by atoms with van der Waals surface area (Å²) in [6, 6.07) is 33.3. The van der Waals surface area contributed by atoms with Crippen LogP contribution in [0.3, 0.4) is 0 Å². The van der Waals surface area contributed by atoms with E-state index < -0.39 is 7.26 Å². The van der Waals surface area contributed by atoms with Crippen LogP contribution in [0.2, 0.25) is 0 Å². The lowest BCUT2D eigenvalue weighted by atomic mass is 9.71. The summed E-state index contributed by atoms with van der Waals surface area (Å²) in [5.41, 5.74) is 5.54. The van der Waals surface area contributed by atoms with Gasteiger partial charge in [0.15, 0.2) is 0 Å². The Bertz CT molecular complexity index is 1330. The molecule has 1 aliphatic carbocycles. The molecule has 212 valence electrons. The smallest absolute Gasteiger partial charge is 0.115 e. The molecule has 1 aliphatic rings. The maximum absolute atomic E-state index is 5.68. The van der Waals surface area contributed by atoms with Gasteiger partial charge in [0.2, 0.25) is 0 Å². The highest BCUT2D eigenvalue weighted by Gasteiger charge is 2.44. The van der Waals surface area contributed by atoms with Crippen molar-refractivity contribution in [2.75, 3.05) is 13.3 Å². The summed E-state index contributed by atoms with van der Waals surface area (Å²) in [7, 11) is -0.0303. The topological polar surface area (TPSA) is 9.23 Å². The summed E-state index contributed by atoms with van der Waals surface area (Å²) < 4.78 is 5.68. The van der Waals surface area contributed by atoms with E-state index in [4.69, 9.17) is 4.74 Å². The third-order valence-electron chi connectivity index (χ3n) is 8.30. The number of benzene rings is 3. The molecule has 0 spiro atoms. The summed E-state index contributed by atoms with van der Waals surface area (Å²) in [5.74, 6) is 0. The van der Waals surface area contributed by atoms with Crippen molar-refractivity contribution in [3.05, 3.63) is 150 Å². The van der Waals surface area contributed by atoms with Crippen molar-refractivity contribution in [3.63, 3.8) is 0 Å². The average Bonchev–Trinajstić information content (AvgIpc) is 2.98. The lowest BCUT2D eigenvalue weighted by Crippen LogP contribution is -2.33. The first kappa shape index (κ1) is 30.7. The van der Waals surface area contributed by atoms with Gasteiger partial charge in [0.25, 0.3) is 0 Å². The molecule has 0 heterocycles. The first-order valence-electron chi connectivity index (χ1n) is 14.7. The Morgan fingerprint density at radius 3 is 1.78 bits per heavy atom. The minimum atomic E-state index is -1.86. The number of ether oxygens (including phenoxy) is 1. The summed E-state index contributed by atoms with van der Waals surface area (Å²) in [6.45, 7) is 11.3. The van der Waals surface area contributed by atoms with E-state index in [-0.39, 0.29) is 5.41 Å². The third kappa shape index (κ3) is 7.53. The molecule has 41 heavy (non-hydrogen) atoms. The molecule has 0 N–H and O–H groups in total. The highest BCUT2D eigenvalue weighted by Crippen LogP contribution is 2.55. The average molecular weight is 562 g/mol. The molecule has 1 atom stereocenters. The number of hydrogen-bond donors (Lipinski definition) is 0. The highest BCUT2D eigenvalue weighted by molar-refractivity contribution is 7.95. The molecular weight excluding hydrogens is 515 g/mol. The van der Waals surface area contributed by atoms with Gasteiger partial charge in [-0.1, -0.05) is 116 Å². The summed E-state index contributed by atoms with van der Waals surface area (Å²) >= 11 is 0. The molecule has 3 aromatic carbocycles. The molecule has 0 radical (unpaired) electrons. The zero-order valence-electron chi connectivity index (χ0n) is 25.7. The maximum Gasteiger partial charge on any atom is 0.115 e. The second kappa shape index (κ2) is 14.1. The van der Waals surface area contributed by atoms with E-state index in [1.54, 1.807) is 0 Å². The quantitative estimate of drug-likeness (QED) is 0.177. The Labute approximate surface area is 249 Å². The normalized spacial score (nSPS) is 18.4. The van der Waals surface area contributed by atoms with Crippen molar-refractivity contribution in [2.45, 2.75) is 53.6 Å². The van der Waals surface area contributed by atoms with E-state index in [1.165, 1.54) is 38.2 Å². The molecule has 4 rings (SSSR count). The van der Waals surface area contributed by atoms with Crippen LogP contribution in [0.1, 0.15) is 47.5 Å². The fourth-order valence-corrected chi connectivity index (χ4v) is 10.2. The van der Waals surface area contributed by atoms with Gasteiger partial charge >= 0.3 is 0 Å². The van der Waals surface area contributed by atoms with E-state index in [1.807, 2.05) is 7.11 Å². The van der Waals surface area contributed by atoms with Crippen molar-refractivity contribution in [1.82, 2.24) is 0 Å². The van der Waals surface area contributed by atoms with Crippen molar-refractivity contribution in [3.8, 4) is 0 Å². The van der Waals surface area contributed by atoms with Gasteiger partial charge in [0, 0.05) is 7.11 Å². The number of rotatable bonds is 10. The van der Waals surface area contributed by atoms with E-state index in [2.05, 4.69) is 162 Å². The highest BCUT2D eigenvalue weighted by atomic mass is 31.2. The van der Waals surface area contributed by atoms with Crippen LogP contribution in [-0.2, 0) is 4.74 Å². The zero-order valence-corrected chi connectivity index (χ0v) is 26.6. The van der Waals surface area contributed by atoms with Crippen LogP contribution >= 0.6 is 7.26 Å². The van der Waals surface area contributed by atoms with E-state index in [0.717, 1.165) is 19.0 Å². The van der Waals surface area contributed by atoms with Crippen LogP contribution in [0.4, 0.5) is 0 Å². The Morgan fingerprint density at radius 1 is 0.805 bits per heavy atom. The van der Waals surface area contributed by atoms with Gasteiger partial charge in [-0.05, 0) is 87.1 Å². The van der Waals surface area contributed by atoms with Gasteiger partial charge in [-0.25, -0.2) is 0 Å². The van der Waals surface area contributed by atoms with Gasteiger partial charge < -0.3 is 4.74 Å². The van der Waals surface area contributed by atoms with Gasteiger partial charge in [0.05, 0.1) is 12.3 Å². The summed E-state index contributed by atoms with van der Waals surface area (Å²) in [6.07, 6.45) is 17.0. The molecule has 1 unspecified atom stereocenters. The second-order valence-corrected chi connectivity index (χ2v) is 15.4. The summed E-state index contributed by atoms with van der Waals surface area (Å²) in [4.78, 5) is 0. The molecule has 0 aliphatic heterocycles. The Kier molecular flexibility index (Phi) is 10.5. The Balaban J connectivity index is 1.58. The zero-order chi connectivity index (χ0) is 29.3. The van der Waals surface area contributed by atoms with Crippen LogP contribution in [0, 0.1) is 5.41 Å². The molecule has 0 bridgehead atoms. The van der Waals surface area contributed by atoms with Gasteiger partial charge in [-0.3, -0.25) is 0 Å². The molecule has 0 aromatic heterocycles. The predicted molar refractivity (Wildman–Crippen MR) is 182 cm³/mol. The molecule has 1 nitrogen and oxygen atoms in total. The first-order chi connectivity index (χ1) is 19.8.